The summed E-state index contributed by atoms with van der Waals surface area (Å²) in [7, 11) is 15.3. The van der Waals surface area contributed by atoms with E-state index in [9.17, 15) is 0 Å². The Morgan fingerprint density at radius 3 is 1.48 bits per heavy atom. The van der Waals surface area contributed by atoms with Crippen molar-refractivity contribution in [3.63, 3.8) is 0 Å². The molecule has 1 N–H and O–H groups in total. The van der Waals surface area contributed by atoms with Crippen LogP contribution < -0.4 is 0 Å². The van der Waals surface area contributed by atoms with Gasteiger partial charge in [-0.15, -0.1) is 76.9 Å². The summed E-state index contributed by atoms with van der Waals surface area (Å²) in [5, 5.41) is 25.8. The molecule has 0 amide bonds. The Morgan fingerprint density at radius 2 is 0.849 bits per heavy atom. The molecule has 0 saturated heterocycles. The number of rotatable bonds is 0. The molecular weight excluding hydrogens is 1700 g/mol. The number of oxazole rings is 1. The molecule has 0 spiro atoms. The first-order valence-corrected chi connectivity index (χ1v) is 23.3. The minimum Gasteiger partial charge on any atom is -0.516 e. The summed E-state index contributed by atoms with van der Waals surface area (Å²) in [4.78, 5) is 39.0. The minimum atomic E-state index is 0. The van der Waals surface area contributed by atoms with E-state index in [4.69, 9.17) is 4.42 Å². The summed E-state index contributed by atoms with van der Waals surface area (Å²) >= 11 is 0. The molecule has 0 aliphatic carbocycles. The van der Waals surface area contributed by atoms with Crippen LogP contribution in [0.1, 0.15) is 0 Å². The van der Waals surface area contributed by atoms with Crippen LogP contribution in [0.3, 0.4) is 0 Å². The van der Waals surface area contributed by atoms with Gasteiger partial charge in [-0.25, -0.2) is 10.1 Å². The third-order valence-electron chi connectivity index (χ3n) is 10.5. The molecule has 33 heteroatoms. The van der Waals surface area contributed by atoms with E-state index in [1.54, 1.807) is 51.0 Å². The number of imidazole rings is 1. The number of hydrogen-bond donors (Lipinski definition) is 1. The largest absolute Gasteiger partial charge is 0.516 e. The third kappa shape index (κ3) is 24.6. The smallest absolute Gasteiger partial charge is 0.164 e. The van der Waals surface area contributed by atoms with Crippen molar-refractivity contribution in [2.45, 2.75) is 0 Å². The zero-order valence-electron chi connectivity index (χ0n) is 47.9. The Hall–Kier alpha value is -2.02. The van der Waals surface area contributed by atoms with E-state index in [0.29, 0.717) is 5.52 Å². The molecule has 416 valence electrons. The summed E-state index contributed by atoms with van der Waals surface area (Å²) < 4.78 is 19.6. The molecule has 0 fully saturated rings. The molecule has 0 bridgehead atoms. The second-order valence-electron chi connectivity index (χ2n) is 16.8. The van der Waals surface area contributed by atoms with Gasteiger partial charge in [0.15, 0.2) is 6.39 Å². The fraction of sp³-hybridized carbons (Fsp3) is 0.151. The first-order valence-electron chi connectivity index (χ1n) is 23.3. The van der Waals surface area contributed by atoms with Gasteiger partial charge in [0.05, 0.1) is 6.33 Å². The SMILES string of the molecule is Cn1[c-]c2[nH]cnc2c1.Cn1[c-]c2ncccc2c1.Cn1[c-]c2nccnc2c1.Cn1[c-]c2ncncc2c1.Cn1[c-]c2ncnnc2c1.Cn1[c-]c2ncoc2c1.Cn1[c-]c2nnccc2c1.Cn1[c-]c2nncnc2c1.[Y].[Y].[Y].[Y].[Y].[Y].[Y].[Y]. The second-order valence-corrected chi connectivity index (χ2v) is 16.8. The molecule has 0 aromatic carbocycles. The predicted octanol–water partition coefficient (Wildman–Crippen LogP) is 5.65. The second kappa shape index (κ2) is 41.5. The molecule has 16 aromatic rings. The Balaban J connectivity index is 0.000000485. The first-order chi connectivity index (χ1) is 37.9. The predicted molar refractivity (Wildman–Crippen MR) is 288 cm³/mol. The minimum absolute atomic E-state index is 0. The molecule has 16 rings (SSSR count). The van der Waals surface area contributed by atoms with Crippen LogP contribution in [0.5, 0.6) is 0 Å². The van der Waals surface area contributed by atoms with Gasteiger partial charge >= 0.3 is 0 Å². The van der Waals surface area contributed by atoms with Gasteiger partial charge in [0.1, 0.15) is 19.0 Å². The van der Waals surface area contributed by atoms with Gasteiger partial charge in [0, 0.05) is 303 Å². The van der Waals surface area contributed by atoms with Crippen molar-refractivity contribution in [1.82, 2.24) is 117 Å². The van der Waals surface area contributed by atoms with Crippen molar-refractivity contribution in [3.05, 3.63) is 180 Å². The van der Waals surface area contributed by atoms with E-state index < -0.39 is 0 Å². The summed E-state index contributed by atoms with van der Waals surface area (Å²) in [6.45, 7) is 0. The maximum Gasteiger partial charge on any atom is 0.164 e. The Morgan fingerprint density at radius 1 is 0.360 bits per heavy atom. The van der Waals surface area contributed by atoms with Crippen molar-refractivity contribution in [2.24, 2.45) is 56.4 Å². The molecule has 16 heterocycles. The maximum absolute atomic E-state index is 4.98. The van der Waals surface area contributed by atoms with Gasteiger partial charge < -0.3 is 60.9 Å². The van der Waals surface area contributed by atoms with Gasteiger partial charge in [-0.05, 0) is 118 Å². The number of hydrogen-bond acceptors (Lipinski definition) is 16. The van der Waals surface area contributed by atoms with Crippen molar-refractivity contribution in [1.29, 1.82) is 0 Å². The van der Waals surface area contributed by atoms with Gasteiger partial charge in [-0.1, -0.05) is 61.7 Å². The zero-order valence-corrected chi connectivity index (χ0v) is 70.6. The Kier molecular flexibility index (Phi) is 39.5. The monoisotopic (exact) mass is 1750 g/mol. The normalized spacial score (nSPS) is 9.58. The number of nitrogens with zero attached hydrogens (tertiary/aromatic N) is 23. The number of aromatic amines is 1. The summed E-state index contributed by atoms with van der Waals surface area (Å²) in [6.07, 6.45) is 55.2. The van der Waals surface area contributed by atoms with E-state index in [2.05, 4.69) is 130 Å². The van der Waals surface area contributed by atoms with Crippen LogP contribution in [0.4, 0.5) is 0 Å². The summed E-state index contributed by atoms with van der Waals surface area (Å²) in [5.41, 5.74) is 11.0. The van der Waals surface area contributed by atoms with E-state index in [1.807, 2.05) is 147 Å². The van der Waals surface area contributed by atoms with Crippen molar-refractivity contribution in [3.8, 4) is 0 Å². The van der Waals surface area contributed by atoms with Crippen LogP contribution in [-0.4, -0.2) is 117 Å². The maximum atomic E-state index is 4.98. The van der Waals surface area contributed by atoms with Gasteiger partial charge in [0.2, 0.25) is 0 Å². The van der Waals surface area contributed by atoms with Crippen molar-refractivity contribution >= 4 is 87.9 Å². The van der Waals surface area contributed by atoms with Gasteiger partial charge in [0.25, 0.3) is 0 Å². The molecular formula is C53H46N24OY8-8. The number of fused-ring (bicyclic) bond motifs is 8. The van der Waals surface area contributed by atoms with Crippen molar-refractivity contribution in [2.75, 3.05) is 0 Å². The molecule has 86 heavy (non-hydrogen) atoms. The molecule has 0 saturated carbocycles. The summed E-state index contributed by atoms with van der Waals surface area (Å²) in [5.74, 6) is 0. The van der Waals surface area contributed by atoms with E-state index in [1.165, 1.54) is 25.4 Å². The average Bonchev–Trinajstić information content (AvgIpc) is 4.44. The Labute approximate surface area is 695 Å². The van der Waals surface area contributed by atoms with Crippen LogP contribution in [-0.2, 0) is 318 Å². The van der Waals surface area contributed by atoms with Crippen LogP contribution in [0, 0.1) is 49.6 Å². The van der Waals surface area contributed by atoms with E-state index >= 15 is 0 Å². The molecule has 8 radical (unpaired) electrons. The first kappa shape index (κ1) is 82.0. The van der Waals surface area contributed by atoms with Crippen LogP contribution in [0.2, 0.25) is 0 Å². The molecule has 0 atom stereocenters. The summed E-state index contributed by atoms with van der Waals surface area (Å²) in [6, 6.07) is 5.87. The Bertz CT molecular complexity index is 3600. The quantitative estimate of drug-likeness (QED) is 0.180. The number of pyridine rings is 1. The van der Waals surface area contributed by atoms with Crippen LogP contribution >= 0.6 is 0 Å². The molecule has 0 aliphatic rings. The average molecular weight is 1750 g/mol. The van der Waals surface area contributed by atoms with Gasteiger partial charge in [-0.2, -0.15) is 20.4 Å². The molecule has 16 aromatic heterocycles. The van der Waals surface area contributed by atoms with Crippen molar-refractivity contribution < 1.29 is 266 Å². The van der Waals surface area contributed by atoms with E-state index in [-0.39, 0.29) is 262 Å². The number of aromatic nitrogens is 24. The molecule has 0 aliphatic heterocycles. The number of aryl methyl sites for hydroxylation is 8. The molecule has 0 unspecified atom stereocenters. The standard InChI is InChI=1S/C8H7N2.3C7H6N3.2C6H5N4.C6H6N3.C6H5N2O.8Y/c1-10-5-7-3-2-4-9-8(7)6-10;1-10-3-6-2-8-5-9-7(6)4-10;1-10-4-6-7(5-10)9-3-2-8-6;1-10-4-6-2-3-8-9-7(6)5-10;2*1-10-2-5-6(3-10)9-8-4-7-5;1-9-2-5-6(3-9)8-4-7-5;1-8-2-5-6(3-8)9-4-7-5;;;;;;;;/h2-5H,1H3;2-3,5H,1H3;2*2-4H,1H3;3-4H,1H3;2,4H,1H3;2,4H,1H3,(H,7,8);3-4H,1H3;;;;;;;;/q8*-1;;;;;;;;. The topological polar surface area (TPSA) is 262 Å². The number of nitrogens with one attached hydrogen (secondary N) is 1. The van der Waals surface area contributed by atoms with Gasteiger partial charge in [-0.3, -0.25) is 24.9 Å². The fourth-order valence-corrected chi connectivity index (χ4v) is 7.18. The van der Waals surface area contributed by atoms with Crippen LogP contribution in [0.15, 0.2) is 135 Å². The fourth-order valence-electron chi connectivity index (χ4n) is 7.18. The van der Waals surface area contributed by atoms with Crippen LogP contribution in [0.25, 0.3) is 87.9 Å². The molecule has 25 nitrogen and oxygen atoms in total. The zero-order chi connectivity index (χ0) is 54.4. The number of H-pyrrole nitrogens is 1. The third-order valence-corrected chi connectivity index (χ3v) is 10.5. The van der Waals surface area contributed by atoms with E-state index in [0.717, 1.165) is 82.4 Å².